The number of halogens is 1. The molecule has 3 nitrogen and oxygen atoms in total. The van der Waals surface area contributed by atoms with Crippen LogP contribution in [0.1, 0.15) is 25.8 Å². The molecule has 0 bridgehead atoms. The number of carbonyl (C=O) groups excluding carboxylic acids is 1. The normalized spacial score (nSPS) is 11.3. The van der Waals surface area contributed by atoms with Crippen LogP contribution in [0.2, 0.25) is 5.02 Å². The highest BCUT2D eigenvalue weighted by Crippen LogP contribution is 2.20. The zero-order chi connectivity index (χ0) is 13.5. The summed E-state index contributed by atoms with van der Waals surface area (Å²) >= 11 is 5.88. The van der Waals surface area contributed by atoms with Crippen LogP contribution in [0.5, 0.6) is 0 Å². The van der Waals surface area contributed by atoms with E-state index in [-0.39, 0.29) is 18.4 Å². The summed E-state index contributed by atoms with van der Waals surface area (Å²) in [6.07, 6.45) is 0.775. The molecule has 1 amide bonds. The van der Waals surface area contributed by atoms with Crippen LogP contribution in [0.15, 0.2) is 18.2 Å². The third kappa shape index (κ3) is 4.06. The first-order valence-corrected chi connectivity index (χ1v) is 6.16. The molecule has 96 valence electrons. The molecule has 1 aromatic rings. The van der Waals surface area contributed by atoms with Gasteiger partial charge in [-0.1, -0.05) is 37.3 Å². The van der Waals surface area contributed by atoms with E-state index < -0.39 is 0 Å². The molecule has 0 fully saturated rings. The number of rotatable bonds is 3. The number of benzene rings is 1. The fourth-order valence-corrected chi connectivity index (χ4v) is 1.48. The molecule has 0 aliphatic heterocycles. The maximum atomic E-state index is 11.8. The minimum Gasteiger partial charge on any atom is -0.384 e. The molecule has 0 saturated carbocycles. The van der Waals surface area contributed by atoms with Crippen molar-refractivity contribution >= 4 is 23.2 Å². The average molecular weight is 266 g/mol. The van der Waals surface area contributed by atoms with E-state index in [1.54, 1.807) is 18.2 Å². The minimum atomic E-state index is -0.231. The van der Waals surface area contributed by atoms with Gasteiger partial charge in [-0.25, -0.2) is 0 Å². The monoisotopic (exact) mass is 265 g/mol. The number of hydrogen-bond donors (Lipinski definition) is 2. The number of carbonyl (C=O) groups is 1. The number of aliphatic hydroxyl groups excluding tert-OH is 1. The smallest absolute Gasteiger partial charge is 0.227 e. The Morgan fingerprint density at radius 1 is 1.56 bits per heavy atom. The summed E-state index contributed by atoms with van der Waals surface area (Å²) < 4.78 is 0. The Labute approximate surface area is 112 Å². The number of hydrogen-bond acceptors (Lipinski definition) is 2. The van der Waals surface area contributed by atoms with Gasteiger partial charge in [0.2, 0.25) is 5.91 Å². The molecule has 2 N–H and O–H groups in total. The molecule has 0 aliphatic rings. The number of nitrogens with one attached hydrogen (secondary N) is 1. The first kappa shape index (κ1) is 14.6. The molecule has 1 aromatic carbocycles. The molecular formula is C14H16ClNO2. The quantitative estimate of drug-likeness (QED) is 0.826. The van der Waals surface area contributed by atoms with Gasteiger partial charge < -0.3 is 10.4 Å². The van der Waals surface area contributed by atoms with E-state index in [4.69, 9.17) is 16.7 Å². The minimum absolute atomic E-state index is 0.0492. The Hall–Kier alpha value is -1.50. The van der Waals surface area contributed by atoms with Gasteiger partial charge >= 0.3 is 0 Å². The van der Waals surface area contributed by atoms with Gasteiger partial charge in [0.25, 0.3) is 0 Å². The van der Waals surface area contributed by atoms with Crippen molar-refractivity contribution in [3.8, 4) is 11.8 Å². The lowest BCUT2D eigenvalue weighted by atomic mass is 10.1. The Morgan fingerprint density at radius 3 is 2.89 bits per heavy atom. The van der Waals surface area contributed by atoms with Crippen LogP contribution in [-0.2, 0) is 4.79 Å². The number of amides is 1. The van der Waals surface area contributed by atoms with E-state index in [1.165, 1.54) is 0 Å². The van der Waals surface area contributed by atoms with Crippen molar-refractivity contribution in [2.75, 3.05) is 11.9 Å². The van der Waals surface area contributed by atoms with Crippen molar-refractivity contribution in [3.05, 3.63) is 28.8 Å². The van der Waals surface area contributed by atoms with E-state index in [1.807, 2.05) is 13.8 Å². The van der Waals surface area contributed by atoms with Crippen molar-refractivity contribution in [2.24, 2.45) is 5.92 Å². The molecule has 0 saturated heterocycles. The van der Waals surface area contributed by atoms with Crippen molar-refractivity contribution in [1.29, 1.82) is 0 Å². The summed E-state index contributed by atoms with van der Waals surface area (Å²) in [5.74, 6) is 5.21. The lowest BCUT2D eigenvalue weighted by Gasteiger charge is -2.11. The number of anilines is 1. The summed E-state index contributed by atoms with van der Waals surface area (Å²) in [6, 6.07) is 5.07. The second-order valence-electron chi connectivity index (χ2n) is 3.95. The van der Waals surface area contributed by atoms with Crippen LogP contribution in [0.3, 0.4) is 0 Å². The lowest BCUT2D eigenvalue weighted by Crippen LogP contribution is -2.20. The van der Waals surface area contributed by atoms with Gasteiger partial charge in [0.05, 0.1) is 5.69 Å². The molecule has 0 aliphatic carbocycles. The van der Waals surface area contributed by atoms with Gasteiger partial charge in [0.1, 0.15) is 6.61 Å². The van der Waals surface area contributed by atoms with Gasteiger partial charge in [0.15, 0.2) is 0 Å². The molecule has 1 rings (SSSR count). The van der Waals surface area contributed by atoms with Crippen LogP contribution >= 0.6 is 11.6 Å². The first-order chi connectivity index (χ1) is 8.58. The predicted octanol–water partition coefficient (Wildman–Crippen LogP) is 2.67. The Bertz CT molecular complexity index is 488. The molecule has 0 aromatic heterocycles. The molecular weight excluding hydrogens is 250 g/mol. The van der Waals surface area contributed by atoms with Gasteiger partial charge in [0, 0.05) is 16.5 Å². The standard InChI is InChI=1S/C14H16ClNO2/c1-3-10(2)14(18)16-13-7-6-12(15)9-11(13)5-4-8-17/h6-7,9-10,17H,3,8H2,1-2H3,(H,16,18). The molecule has 0 spiro atoms. The third-order valence-electron chi connectivity index (χ3n) is 2.60. The molecule has 1 atom stereocenters. The summed E-state index contributed by atoms with van der Waals surface area (Å²) in [4.78, 5) is 11.8. The lowest BCUT2D eigenvalue weighted by molar-refractivity contribution is -0.119. The van der Waals surface area contributed by atoms with E-state index in [0.717, 1.165) is 6.42 Å². The highest BCUT2D eigenvalue weighted by atomic mass is 35.5. The highest BCUT2D eigenvalue weighted by Gasteiger charge is 2.12. The zero-order valence-electron chi connectivity index (χ0n) is 10.5. The van der Waals surface area contributed by atoms with E-state index in [2.05, 4.69) is 17.2 Å². The summed E-state index contributed by atoms with van der Waals surface area (Å²) in [6.45, 7) is 3.59. The second-order valence-corrected chi connectivity index (χ2v) is 4.38. The van der Waals surface area contributed by atoms with Gasteiger partial charge in [-0.2, -0.15) is 0 Å². The Balaban J connectivity index is 2.97. The predicted molar refractivity (Wildman–Crippen MR) is 73.5 cm³/mol. The van der Waals surface area contributed by atoms with Crippen LogP contribution in [0.25, 0.3) is 0 Å². The van der Waals surface area contributed by atoms with E-state index >= 15 is 0 Å². The highest BCUT2D eigenvalue weighted by molar-refractivity contribution is 6.30. The second kappa shape index (κ2) is 7.05. The SMILES string of the molecule is CCC(C)C(=O)Nc1ccc(Cl)cc1C#CCO. The molecule has 0 radical (unpaired) electrons. The van der Waals surface area contributed by atoms with E-state index in [0.29, 0.717) is 16.3 Å². The average Bonchev–Trinajstić information content (AvgIpc) is 2.37. The van der Waals surface area contributed by atoms with Crippen LogP contribution in [0, 0.1) is 17.8 Å². The Morgan fingerprint density at radius 2 is 2.28 bits per heavy atom. The van der Waals surface area contributed by atoms with Gasteiger partial charge in [-0.3, -0.25) is 4.79 Å². The summed E-state index contributed by atoms with van der Waals surface area (Å²) in [5.41, 5.74) is 1.22. The van der Waals surface area contributed by atoms with Crippen molar-refractivity contribution in [2.45, 2.75) is 20.3 Å². The fourth-order valence-electron chi connectivity index (χ4n) is 1.30. The molecule has 18 heavy (non-hydrogen) atoms. The van der Waals surface area contributed by atoms with Crippen LogP contribution in [0.4, 0.5) is 5.69 Å². The molecule has 0 heterocycles. The third-order valence-corrected chi connectivity index (χ3v) is 2.84. The zero-order valence-corrected chi connectivity index (χ0v) is 11.2. The summed E-state index contributed by atoms with van der Waals surface area (Å²) in [7, 11) is 0. The van der Waals surface area contributed by atoms with Crippen molar-refractivity contribution in [1.82, 2.24) is 0 Å². The summed E-state index contributed by atoms with van der Waals surface area (Å²) in [5, 5.41) is 12.1. The first-order valence-electron chi connectivity index (χ1n) is 5.78. The topological polar surface area (TPSA) is 49.3 Å². The molecule has 1 unspecified atom stereocenters. The maximum Gasteiger partial charge on any atom is 0.227 e. The van der Waals surface area contributed by atoms with Gasteiger partial charge in [-0.15, -0.1) is 0 Å². The Kier molecular flexibility index (Phi) is 5.70. The largest absolute Gasteiger partial charge is 0.384 e. The fraction of sp³-hybridized carbons (Fsp3) is 0.357. The maximum absolute atomic E-state index is 11.8. The van der Waals surface area contributed by atoms with Crippen LogP contribution < -0.4 is 5.32 Å². The van der Waals surface area contributed by atoms with Crippen molar-refractivity contribution < 1.29 is 9.90 Å². The molecule has 4 heteroatoms. The van der Waals surface area contributed by atoms with E-state index in [9.17, 15) is 4.79 Å². The van der Waals surface area contributed by atoms with Gasteiger partial charge in [-0.05, 0) is 24.6 Å². The van der Waals surface area contributed by atoms with Crippen molar-refractivity contribution in [3.63, 3.8) is 0 Å². The number of aliphatic hydroxyl groups is 1. The van der Waals surface area contributed by atoms with Crippen LogP contribution in [-0.4, -0.2) is 17.6 Å².